The predicted molar refractivity (Wildman–Crippen MR) is 141 cm³/mol. The first-order valence-electron chi connectivity index (χ1n) is 12.5. The molecule has 1 atom stereocenters. The smallest absolute Gasteiger partial charge is 0.407 e. The zero-order chi connectivity index (χ0) is 28.6. The molecule has 2 aromatic carbocycles. The maximum absolute atomic E-state index is 12.8. The minimum absolute atomic E-state index is 0.0257. The molecule has 1 aliphatic rings. The molecule has 3 rings (SSSR count). The van der Waals surface area contributed by atoms with Gasteiger partial charge in [-0.1, -0.05) is 48.5 Å². The molecular formula is C28H33N3O8. The van der Waals surface area contributed by atoms with E-state index in [1.807, 2.05) is 48.5 Å². The number of ether oxygens (including phenoxy) is 2. The molecule has 1 aliphatic carbocycles. The zero-order valence-electron chi connectivity index (χ0n) is 22.1. The third kappa shape index (κ3) is 8.56. The number of esters is 1. The molecule has 11 heteroatoms. The summed E-state index contributed by atoms with van der Waals surface area (Å²) < 4.78 is 10.8. The Morgan fingerprint density at radius 3 is 2.05 bits per heavy atom. The molecule has 0 fully saturated rings. The number of benzene rings is 2. The van der Waals surface area contributed by atoms with Crippen LogP contribution in [-0.4, -0.2) is 66.3 Å². The van der Waals surface area contributed by atoms with Gasteiger partial charge in [0.1, 0.15) is 24.8 Å². The number of fused-ring (bicyclic) bond motifs is 3. The highest BCUT2D eigenvalue weighted by Crippen LogP contribution is 2.44. The average molecular weight is 540 g/mol. The van der Waals surface area contributed by atoms with Gasteiger partial charge in [0, 0.05) is 12.3 Å². The van der Waals surface area contributed by atoms with Gasteiger partial charge >= 0.3 is 18.0 Å². The minimum atomic E-state index is -1.23. The lowest BCUT2D eigenvalue weighted by Gasteiger charge is -2.22. The molecule has 39 heavy (non-hydrogen) atoms. The molecule has 0 aliphatic heterocycles. The second-order valence-corrected chi connectivity index (χ2v) is 10.0. The van der Waals surface area contributed by atoms with E-state index in [1.165, 1.54) is 0 Å². The van der Waals surface area contributed by atoms with Crippen molar-refractivity contribution in [3.05, 3.63) is 59.7 Å². The van der Waals surface area contributed by atoms with Gasteiger partial charge in [-0.05, 0) is 49.4 Å². The maximum atomic E-state index is 12.8. The number of rotatable bonds is 11. The number of aliphatic carboxylic acids is 1. The highest BCUT2D eigenvalue weighted by atomic mass is 16.6. The Bertz CT molecular complexity index is 1190. The summed E-state index contributed by atoms with van der Waals surface area (Å²) in [6, 6.07) is 14.5. The summed E-state index contributed by atoms with van der Waals surface area (Å²) in [5.74, 6) is -3.44. The fourth-order valence-electron chi connectivity index (χ4n) is 4.23. The number of hydrogen-bond acceptors (Lipinski definition) is 7. The number of carbonyl (C=O) groups is 5. The van der Waals surface area contributed by atoms with Crippen molar-refractivity contribution >= 4 is 29.8 Å². The summed E-state index contributed by atoms with van der Waals surface area (Å²) in [5, 5.41) is 15.6. The second kappa shape index (κ2) is 12.9. The zero-order valence-corrected chi connectivity index (χ0v) is 22.1. The van der Waals surface area contributed by atoms with E-state index in [1.54, 1.807) is 20.8 Å². The Hall–Kier alpha value is -4.41. The monoisotopic (exact) mass is 539 g/mol. The largest absolute Gasteiger partial charge is 0.480 e. The number of carboxylic acid groups (broad SMARTS) is 1. The van der Waals surface area contributed by atoms with Crippen LogP contribution in [0.2, 0.25) is 0 Å². The van der Waals surface area contributed by atoms with Crippen LogP contribution in [0.4, 0.5) is 4.79 Å². The SMILES string of the molecule is CC(C)(C)OC(=O)CC[C@H](NC(=O)OCC1c2ccccc2-c2ccccc21)C(=O)NCC(=O)NCC(=O)O. The molecular weight excluding hydrogens is 506 g/mol. The molecule has 2 aromatic rings. The number of nitrogens with one attached hydrogen (secondary N) is 3. The molecule has 0 aromatic heterocycles. The van der Waals surface area contributed by atoms with Crippen LogP contribution in [0.15, 0.2) is 48.5 Å². The van der Waals surface area contributed by atoms with E-state index in [0.29, 0.717) is 0 Å². The summed E-state index contributed by atoms with van der Waals surface area (Å²) in [5.41, 5.74) is 3.46. The van der Waals surface area contributed by atoms with Crippen molar-refractivity contribution in [2.24, 2.45) is 0 Å². The van der Waals surface area contributed by atoms with Crippen molar-refractivity contribution in [3.8, 4) is 11.1 Å². The van der Waals surface area contributed by atoms with Crippen molar-refractivity contribution in [1.82, 2.24) is 16.0 Å². The summed E-state index contributed by atoms with van der Waals surface area (Å²) in [6.07, 6.45) is -1.15. The molecule has 0 bridgehead atoms. The summed E-state index contributed by atoms with van der Waals surface area (Å²) >= 11 is 0. The number of carboxylic acids is 1. The first-order valence-corrected chi connectivity index (χ1v) is 12.5. The molecule has 11 nitrogen and oxygen atoms in total. The topological polar surface area (TPSA) is 160 Å². The normalized spacial score (nSPS) is 12.9. The Morgan fingerprint density at radius 2 is 1.49 bits per heavy atom. The van der Waals surface area contributed by atoms with Gasteiger partial charge in [-0.15, -0.1) is 0 Å². The highest BCUT2D eigenvalue weighted by Gasteiger charge is 2.30. The van der Waals surface area contributed by atoms with Gasteiger partial charge in [-0.2, -0.15) is 0 Å². The summed E-state index contributed by atoms with van der Waals surface area (Å²) in [6.45, 7) is 4.04. The number of alkyl carbamates (subject to hydrolysis) is 1. The number of hydrogen-bond donors (Lipinski definition) is 4. The van der Waals surface area contributed by atoms with Crippen molar-refractivity contribution in [3.63, 3.8) is 0 Å². The molecule has 3 amide bonds. The standard InChI is InChI=1S/C28H33N3O8/c1-28(2,3)39-25(35)13-12-22(26(36)30-14-23(32)29-15-24(33)34)31-27(37)38-16-21-19-10-6-4-8-17(19)18-9-5-7-11-20(18)21/h4-11,21-22H,12-16H2,1-3H3,(H,29,32)(H,30,36)(H,31,37)(H,33,34)/t22-/m0/s1. The molecule has 208 valence electrons. The molecule has 0 spiro atoms. The van der Waals surface area contributed by atoms with Gasteiger partial charge in [-0.3, -0.25) is 19.2 Å². The lowest BCUT2D eigenvalue weighted by Crippen LogP contribution is -2.49. The fourth-order valence-corrected chi connectivity index (χ4v) is 4.23. The first kappa shape index (κ1) is 29.2. The molecule has 4 N–H and O–H groups in total. The van der Waals surface area contributed by atoms with E-state index < -0.39 is 54.6 Å². The number of carbonyl (C=O) groups excluding carboxylic acids is 4. The van der Waals surface area contributed by atoms with E-state index in [4.69, 9.17) is 14.6 Å². The van der Waals surface area contributed by atoms with E-state index >= 15 is 0 Å². The Labute approximate surface area is 226 Å². The molecule has 0 radical (unpaired) electrons. The van der Waals surface area contributed by atoms with Crippen LogP contribution in [-0.2, 0) is 28.7 Å². The van der Waals surface area contributed by atoms with Crippen molar-refractivity contribution in [2.45, 2.75) is 51.2 Å². The summed E-state index contributed by atoms with van der Waals surface area (Å²) in [4.78, 5) is 60.1. The van der Waals surface area contributed by atoms with Gasteiger partial charge in [0.25, 0.3) is 0 Å². The third-order valence-electron chi connectivity index (χ3n) is 5.87. The van der Waals surface area contributed by atoms with E-state index in [-0.39, 0.29) is 25.4 Å². The van der Waals surface area contributed by atoms with Crippen molar-refractivity contribution < 1.29 is 38.6 Å². The maximum Gasteiger partial charge on any atom is 0.407 e. The van der Waals surface area contributed by atoms with Gasteiger partial charge in [0.2, 0.25) is 11.8 Å². The van der Waals surface area contributed by atoms with Gasteiger partial charge in [0.15, 0.2) is 0 Å². The molecule has 0 saturated heterocycles. The Balaban J connectivity index is 1.63. The Morgan fingerprint density at radius 1 is 0.897 bits per heavy atom. The van der Waals surface area contributed by atoms with Crippen molar-refractivity contribution in [1.29, 1.82) is 0 Å². The van der Waals surface area contributed by atoms with Crippen LogP contribution in [0.5, 0.6) is 0 Å². The van der Waals surface area contributed by atoms with Gasteiger partial charge < -0.3 is 30.5 Å². The predicted octanol–water partition coefficient (Wildman–Crippen LogP) is 2.33. The lowest BCUT2D eigenvalue weighted by atomic mass is 9.98. The molecule has 0 saturated carbocycles. The Kier molecular flexibility index (Phi) is 9.64. The quantitative estimate of drug-likeness (QED) is 0.317. The lowest BCUT2D eigenvalue weighted by molar-refractivity contribution is -0.155. The van der Waals surface area contributed by atoms with Crippen LogP contribution in [0.1, 0.15) is 50.7 Å². The van der Waals surface area contributed by atoms with E-state index in [2.05, 4.69) is 16.0 Å². The van der Waals surface area contributed by atoms with Crippen LogP contribution in [0.25, 0.3) is 11.1 Å². The van der Waals surface area contributed by atoms with Gasteiger partial charge in [0.05, 0.1) is 6.54 Å². The first-order chi connectivity index (χ1) is 18.4. The minimum Gasteiger partial charge on any atom is -0.480 e. The van der Waals surface area contributed by atoms with E-state index in [0.717, 1.165) is 22.3 Å². The average Bonchev–Trinajstić information content (AvgIpc) is 3.19. The number of amides is 3. The van der Waals surface area contributed by atoms with Crippen LogP contribution in [0.3, 0.4) is 0 Å². The summed E-state index contributed by atoms with van der Waals surface area (Å²) in [7, 11) is 0. The van der Waals surface area contributed by atoms with Crippen LogP contribution >= 0.6 is 0 Å². The molecule has 0 heterocycles. The highest BCUT2D eigenvalue weighted by molar-refractivity contribution is 5.90. The fraction of sp³-hybridized carbons (Fsp3) is 0.393. The van der Waals surface area contributed by atoms with Crippen molar-refractivity contribution in [2.75, 3.05) is 19.7 Å². The molecule has 0 unspecified atom stereocenters. The van der Waals surface area contributed by atoms with Gasteiger partial charge in [-0.25, -0.2) is 4.79 Å². The van der Waals surface area contributed by atoms with Crippen LogP contribution in [0, 0.1) is 0 Å². The van der Waals surface area contributed by atoms with Crippen LogP contribution < -0.4 is 16.0 Å². The second-order valence-electron chi connectivity index (χ2n) is 10.0. The third-order valence-corrected chi connectivity index (χ3v) is 5.87. The van der Waals surface area contributed by atoms with E-state index in [9.17, 15) is 24.0 Å².